The minimum atomic E-state index is -1.19. The van der Waals surface area contributed by atoms with Gasteiger partial charge in [-0.2, -0.15) is 9.97 Å². The standard InChI is InChI=1S/C21H30FIN6O2/c1-6-21(9-23)12(4)14(22)19(31-21)29-10-24-15-16(28(5)13-7-8-13)25-20(26-17(15)29)27-18(30)11(2)3/h10-14,19H,6-9H2,1-5H3,(H,25,26,27,30)/t12-,14+,19+,21-/m0/s1. The average molecular weight is 544 g/mol. The fourth-order valence-electron chi connectivity index (χ4n) is 4.09. The maximum atomic E-state index is 15.5. The molecule has 170 valence electrons. The molecule has 4 atom stereocenters. The number of imidazole rings is 1. The van der Waals surface area contributed by atoms with E-state index in [2.05, 4.69) is 47.8 Å². The number of ether oxygens (including phenoxy) is 1. The number of carbonyl (C=O) groups is 1. The smallest absolute Gasteiger partial charge is 0.233 e. The first kappa shape index (κ1) is 22.6. The van der Waals surface area contributed by atoms with E-state index in [-0.39, 0.29) is 23.7 Å². The normalized spacial score (nSPS) is 28.5. The molecule has 10 heteroatoms. The topological polar surface area (TPSA) is 85.2 Å². The number of rotatable bonds is 7. The molecule has 3 heterocycles. The summed E-state index contributed by atoms with van der Waals surface area (Å²) in [4.78, 5) is 28.1. The van der Waals surface area contributed by atoms with Crippen LogP contribution < -0.4 is 10.2 Å². The maximum absolute atomic E-state index is 15.5. The zero-order valence-corrected chi connectivity index (χ0v) is 20.8. The summed E-state index contributed by atoms with van der Waals surface area (Å²) < 4.78 is 24.1. The molecule has 1 saturated carbocycles. The molecule has 8 nitrogen and oxygen atoms in total. The Hall–Kier alpha value is -1.56. The summed E-state index contributed by atoms with van der Waals surface area (Å²) in [5.74, 6) is 0.203. The van der Waals surface area contributed by atoms with Gasteiger partial charge in [-0.25, -0.2) is 9.37 Å². The van der Waals surface area contributed by atoms with Crippen LogP contribution in [0.2, 0.25) is 0 Å². The van der Waals surface area contributed by atoms with Crippen molar-refractivity contribution in [2.75, 3.05) is 21.7 Å². The minimum Gasteiger partial charge on any atom is -0.355 e. The number of alkyl halides is 2. The van der Waals surface area contributed by atoms with Crippen LogP contribution in [0, 0.1) is 11.8 Å². The van der Waals surface area contributed by atoms with Gasteiger partial charge in [0.25, 0.3) is 0 Å². The van der Waals surface area contributed by atoms with Crippen LogP contribution in [0.15, 0.2) is 6.33 Å². The fourth-order valence-corrected chi connectivity index (χ4v) is 5.51. The van der Waals surface area contributed by atoms with Gasteiger partial charge in [0.2, 0.25) is 11.9 Å². The second kappa shape index (κ2) is 8.42. The van der Waals surface area contributed by atoms with E-state index < -0.39 is 18.0 Å². The predicted molar refractivity (Wildman–Crippen MR) is 126 cm³/mol. The van der Waals surface area contributed by atoms with Crippen LogP contribution in [-0.4, -0.2) is 54.7 Å². The molecular weight excluding hydrogens is 514 g/mol. The van der Waals surface area contributed by atoms with E-state index in [1.165, 1.54) is 0 Å². The van der Waals surface area contributed by atoms with Crippen molar-refractivity contribution in [3.05, 3.63) is 6.33 Å². The second-order valence-electron chi connectivity index (χ2n) is 8.97. The van der Waals surface area contributed by atoms with Crippen LogP contribution in [0.5, 0.6) is 0 Å². The Morgan fingerprint density at radius 3 is 2.71 bits per heavy atom. The highest BCUT2D eigenvalue weighted by molar-refractivity contribution is 14.1. The highest BCUT2D eigenvalue weighted by Gasteiger charge is 2.52. The number of nitrogens with one attached hydrogen (secondary N) is 1. The molecule has 1 aliphatic carbocycles. The number of carbonyl (C=O) groups excluding carboxylic acids is 1. The summed E-state index contributed by atoms with van der Waals surface area (Å²) in [6, 6.07) is 0.389. The van der Waals surface area contributed by atoms with Gasteiger partial charge in [-0.15, -0.1) is 0 Å². The van der Waals surface area contributed by atoms with E-state index in [4.69, 9.17) is 4.74 Å². The van der Waals surface area contributed by atoms with Crippen molar-refractivity contribution >= 4 is 51.4 Å². The van der Waals surface area contributed by atoms with Crippen molar-refractivity contribution in [1.29, 1.82) is 0 Å². The SMILES string of the molecule is CC[C@@]1(CI)O[C@@H](n2cnc3c(N(C)C4CC4)nc(NC(=O)C(C)C)nc32)[C@H](F)[C@@H]1C. The Morgan fingerprint density at radius 2 is 2.16 bits per heavy atom. The summed E-state index contributed by atoms with van der Waals surface area (Å²) >= 11 is 2.27. The van der Waals surface area contributed by atoms with E-state index in [0.717, 1.165) is 19.3 Å². The molecule has 0 unspecified atom stereocenters. The van der Waals surface area contributed by atoms with E-state index >= 15 is 4.39 Å². The summed E-state index contributed by atoms with van der Waals surface area (Å²) in [6.07, 6.45) is 2.46. The molecule has 1 N–H and O–H groups in total. The lowest BCUT2D eigenvalue weighted by molar-refractivity contribution is -0.118. The third-order valence-corrected chi connectivity index (χ3v) is 7.92. The monoisotopic (exact) mass is 544 g/mol. The van der Waals surface area contributed by atoms with E-state index in [9.17, 15) is 4.79 Å². The number of hydrogen-bond donors (Lipinski definition) is 1. The average Bonchev–Trinajstić information content (AvgIpc) is 3.48. The number of nitrogens with zero attached hydrogens (tertiary/aromatic N) is 5. The highest BCUT2D eigenvalue weighted by atomic mass is 127. The van der Waals surface area contributed by atoms with Crippen LogP contribution >= 0.6 is 22.6 Å². The zero-order chi connectivity index (χ0) is 22.5. The molecule has 4 rings (SSSR count). The molecule has 2 fully saturated rings. The lowest BCUT2D eigenvalue weighted by Crippen LogP contribution is -2.36. The Labute approximate surface area is 195 Å². The molecule has 0 aromatic carbocycles. The highest BCUT2D eigenvalue weighted by Crippen LogP contribution is 2.47. The first-order chi connectivity index (χ1) is 14.7. The predicted octanol–water partition coefficient (Wildman–Crippen LogP) is 4.11. The molecule has 0 radical (unpaired) electrons. The first-order valence-corrected chi connectivity index (χ1v) is 12.4. The van der Waals surface area contributed by atoms with Crippen LogP contribution in [0.3, 0.4) is 0 Å². The number of fused-ring (bicyclic) bond motifs is 1. The molecule has 0 bridgehead atoms. The lowest BCUT2D eigenvalue weighted by Gasteiger charge is -2.29. The third kappa shape index (κ3) is 3.90. The summed E-state index contributed by atoms with van der Waals surface area (Å²) in [6.45, 7) is 7.55. The van der Waals surface area contributed by atoms with Crippen LogP contribution in [0.25, 0.3) is 11.2 Å². The third-order valence-electron chi connectivity index (χ3n) is 6.63. The van der Waals surface area contributed by atoms with Gasteiger partial charge in [-0.1, -0.05) is 50.3 Å². The Balaban J connectivity index is 1.80. The summed E-state index contributed by atoms with van der Waals surface area (Å²) in [7, 11) is 1.97. The van der Waals surface area contributed by atoms with E-state index in [1.807, 2.05) is 34.7 Å². The van der Waals surface area contributed by atoms with Crippen molar-refractivity contribution in [3.8, 4) is 0 Å². The lowest BCUT2D eigenvalue weighted by atomic mass is 9.87. The van der Waals surface area contributed by atoms with Crippen molar-refractivity contribution in [2.24, 2.45) is 11.8 Å². The molecule has 1 aliphatic heterocycles. The number of aromatic nitrogens is 4. The Kier molecular flexibility index (Phi) is 6.14. The molecule has 2 aromatic heterocycles. The van der Waals surface area contributed by atoms with Gasteiger partial charge in [-0.05, 0) is 19.3 Å². The van der Waals surface area contributed by atoms with Gasteiger partial charge >= 0.3 is 0 Å². The minimum absolute atomic E-state index is 0.172. The number of hydrogen-bond acceptors (Lipinski definition) is 6. The number of halogens is 2. The van der Waals surface area contributed by atoms with E-state index in [0.29, 0.717) is 27.5 Å². The zero-order valence-electron chi connectivity index (χ0n) is 18.6. The van der Waals surface area contributed by atoms with Crippen molar-refractivity contribution in [2.45, 2.75) is 71.0 Å². The van der Waals surface area contributed by atoms with Crippen molar-refractivity contribution in [3.63, 3.8) is 0 Å². The molecule has 31 heavy (non-hydrogen) atoms. The van der Waals surface area contributed by atoms with Gasteiger partial charge in [0, 0.05) is 29.4 Å². The molecular formula is C21H30FIN6O2. The van der Waals surface area contributed by atoms with Crippen molar-refractivity contribution < 1.29 is 13.9 Å². The molecule has 2 aromatic rings. The van der Waals surface area contributed by atoms with Gasteiger partial charge in [0.15, 0.2) is 29.4 Å². The van der Waals surface area contributed by atoms with Crippen molar-refractivity contribution in [1.82, 2.24) is 19.5 Å². The largest absolute Gasteiger partial charge is 0.355 e. The van der Waals surface area contributed by atoms with Crippen LogP contribution in [0.4, 0.5) is 16.2 Å². The molecule has 1 saturated heterocycles. The van der Waals surface area contributed by atoms with Crippen LogP contribution in [-0.2, 0) is 9.53 Å². The molecule has 1 amide bonds. The van der Waals surface area contributed by atoms with Gasteiger partial charge in [0.1, 0.15) is 0 Å². The summed E-state index contributed by atoms with van der Waals surface area (Å²) in [5, 5.41) is 2.79. The van der Waals surface area contributed by atoms with Gasteiger partial charge in [-0.3, -0.25) is 14.7 Å². The number of anilines is 2. The summed E-state index contributed by atoms with van der Waals surface area (Å²) in [5.41, 5.74) is 0.525. The Morgan fingerprint density at radius 1 is 1.45 bits per heavy atom. The number of amides is 1. The maximum Gasteiger partial charge on any atom is 0.233 e. The van der Waals surface area contributed by atoms with Crippen LogP contribution in [0.1, 0.15) is 53.2 Å². The fraction of sp³-hybridized carbons (Fsp3) is 0.714. The molecule has 0 spiro atoms. The Bertz CT molecular complexity index is 974. The van der Waals surface area contributed by atoms with Gasteiger partial charge < -0.3 is 9.64 Å². The van der Waals surface area contributed by atoms with E-state index in [1.54, 1.807) is 10.9 Å². The molecule has 2 aliphatic rings. The quantitative estimate of drug-likeness (QED) is 0.418. The van der Waals surface area contributed by atoms with Gasteiger partial charge in [0.05, 0.1) is 11.9 Å². The first-order valence-electron chi connectivity index (χ1n) is 10.9. The second-order valence-corrected chi connectivity index (χ2v) is 9.74.